The standard InChI is InChI=1S/C13H22N2O9S/c1-6(16)14-5-9-11(22-8(3)18)12(24-25(4,20)21)10(13(19)23-9)15-7(2)17/h9-13,19H,5H2,1-4H3,(H,14,16)(H,15,17)/t9-,10-,11-,12-,13-/m1/s1. The van der Waals surface area contributed by atoms with Crippen molar-refractivity contribution >= 4 is 27.9 Å². The van der Waals surface area contributed by atoms with E-state index >= 15 is 0 Å². The molecule has 3 N–H and O–H groups in total. The molecule has 2 amide bonds. The van der Waals surface area contributed by atoms with E-state index in [1.807, 2.05) is 0 Å². The van der Waals surface area contributed by atoms with Gasteiger partial charge in [0.05, 0.1) is 6.26 Å². The average Bonchev–Trinajstić information content (AvgIpc) is 2.41. The molecule has 0 aromatic heterocycles. The first-order valence-electron chi connectivity index (χ1n) is 7.31. The summed E-state index contributed by atoms with van der Waals surface area (Å²) < 4.78 is 38.5. The zero-order chi connectivity index (χ0) is 19.4. The van der Waals surface area contributed by atoms with Crippen LogP contribution in [0.2, 0.25) is 0 Å². The van der Waals surface area contributed by atoms with Crippen molar-refractivity contribution in [3.05, 3.63) is 0 Å². The molecular weight excluding hydrogens is 360 g/mol. The lowest BCUT2D eigenvalue weighted by molar-refractivity contribution is -0.246. The van der Waals surface area contributed by atoms with Crippen molar-refractivity contribution in [2.24, 2.45) is 0 Å². The van der Waals surface area contributed by atoms with Crippen LogP contribution in [0.5, 0.6) is 0 Å². The number of carbonyl (C=O) groups excluding carboxylic acids is 3. The van der Waals surface area contributed by atoms with Gasteiger partial charge in [0.25, 0.3) is 10.1 Å². The van der Waals surface area contributed by atoms with Gasteiger partial charge in [0.2, 0.25) is 11.8 Å². The molecule has 0 aliphatic carbocycles. The number of aliphatic hydroxyl groups excluding tert-OH is 1. The Labute approximate surface area is 145 Å². The summed E-state index contributed by atoms with van der Waals surface area (Å²) in [6, 6.07) is -1.31. The van der Waals surface area contributed by atoms with Crippen LogP contribution in [-0.2, 0) is 38.2 Å². The molecule has 0 aromatic rings. The van der Waals surface area contributed by atoms with Crippen LogP contribution in [-0.4, -0.2) is 74.8 Å². The number of amides is 2. The summed E-state index contributed by atoms with van der Waals surface area (Å²) in [6.45, 7) is 3.30. The molecule has 11 nitrogen and oxygen atoms in total. The third kappa shape index (κ3) is 6.94. The zero-order valence-electron chi connectivity index (χ0n) is 14.2. The van der Waals surface area contributed by atoms with Gasteiger partial charge in [-0.3, -0.25) is 18.6 Å². The third-order valence-corrected chi connectivity index (χ3v) is 3.75. The topological polar surface area (TPSA) is 157 Å². The van der Waals surface area contributed by atoms with Gasteiger partial charge in [0.1, 0.15) is 18.2 Å². The van der Waals surface area contributed by atoms with Crippen LogP contribution in [0.15, 0.2) is 0 Å². The van der Waals surface area contributed by atoms with Gasteiger partial charge in [-0.25, -0.2) is 0 Å². The van der Waals surface area contributed by atoms with Gasteiger partial charge >= 0.3 is 5.97 Å². The number of nitrogens with one attached hydrogen (secondary N) is 2. The van der Waals surface area contributed by atoms with Crippen LogP contribution in [0.4, 0.5) is 0 Å². The first kappa shape index (κ1) is 21.3. The maximum absolute atomic E-state index is 11.6. The molecule has 1 aliphatic heterocycles. The smallest absolute Gasteiger partial charge is 0.303 e. The van der Waals surface area contributed by atoms with Crippen LogP contribution >= 0.6 is 0 Å². The van der Waals surface area contributed by atoms with Gasteiger partial charge in [0.15, 0.2) is 12.4 Å². The molecule has 5 atom stereocenters. The molecule has 1 rings (SSSR count). The highest BCUT2D eigenvalue weighted by atomic mass is 32.2. The van der Waals surface area contributed by atoms with Crippen LogP contribution in [0.1, 0.15) is 20.8 Å². The maximum Gasteiger partial charge on any atom is 0.303 e. The molecule has 144 valence electrons. The highest BCUT2D eigenvalue weighted by Gasteiger charge is 2.50. The minimum atomic E-state index is -4.04. The monoisotopic (exact) mass is 382 g/mol. The van der Waals surface area contributed by atoms with Gasteiger partial charge in [-0.05, 0) is 0 Å². The quantitative estimate of drug-likeness (QED) is 0.337. The fraction of sp³-hybridized carbons (Fsp3) is 0.769. The van der Waals surface area contributed by atoms with E-state index in [1.54, 1.807) is 0 Å². The van der Waals surface area contributed by atoms with E-state index in [0.717, 1.165) is 20.1 Å². The number of ether oxygens (including phenoxy) is 2. The van der Waals surface area contributed by atoms with Gasteiger partial charge in [-0.1, -0.05) is 0 Å². The normalized spacial score (nSPS) is 29.6. The lowest BCUT2D eigenvalue weighted by atomic mass is 9.96. The number of esters is 1. The molecule has 0 aromatic carbocycles. The molecule has 0 spiro atoms. The van der Waals surface area contributed by atoms with Gasteiger partial charge in [0, 0.05) is 27.3 Å². The average molecular weight is 382 g/mol. The molecular formula is C13H22N2O9S. The second-order valence-electron chi connectivity index (χ2n) is 5.57. The van der Waals surface area contributed by atoms with Crippen molar-refractivity contribution in [2.75, 3.05) is 12.8 Å². The molecule has 1 saturated heterocycles. The largest absolute Gasteiger partial charge is 0.457 e. The summed E-state index contributed by atoms with van der Waals surface area (Å²) in [4.78, 5) is 33.8. The SMILES string of the molecule is CC(=O)NC[C@H]1O[C@@H](O)[C@H](NC(C)=O)[C@@H](OS(C)(=O)=O)[C@@H]1OC(C)=O. The van der Waals surface area contributed by atoms with Gasteiger partial charge < -0.3 is 25.2 Å². The van der Waals surface area contributed by atoms with Crippen LogP contribution in [0.3, 0.4) is 0 Å². The Hall–Kier alpha value is -1.76. The molecule has 1 fully saturated rings. The molecule has 0 radical (unpaired) electrons. The molecule has 25 heavy (non-hydrogen) atoms. The predicted molar refractivity (Wildman–Crippen MR) is 82.4 cm³/mol. The van der Waals surface area contributed by atoms with Crippen molar-refractivity contribution < 1.29 is 41.6 Å². The minimum Gasteiger partial charge on any atom is -0.457 e. The molecule has 0 saturated carbocycles. The lowest BCUT2D eigenvalue weighted by Gasteiger charge is -2.43. The van der Waals surface area contributed by atoms with Crippen molar-refractivity contribution in [1.29, 1.82) is 0 Å². The molecule has 0 bridgehead atoms. The lowest BCUT2D eigenvalue weighted by Crippen LogP contribution is -2.66. The molecule has 0 unspecified atom stereocenters. The van der Waals surface area contributed by atoms with Crippen molar-refractivity contribution in [3.63, 3.8) is 0 Å². The Morgan fingerprint density at radius 1 is 1.12 bits per heavy atom. The van der Waals surface area contributed by atoms with Crippen LogP contribution in [0, 0.1) is 0 Å². The number of aliphatic hydroxyl groups is 1. The summed E-state index contributed by atoms with van der Waals surface area (Å²) >= 11 is 0. The van der Waals surface area contributed by atoms with E-state index in [2.05, 4.69) is 10.6 Å². The number of hydrogen-bond donors (Lipinski definition) is 3. The van der Waals surface area contributed by atoms with Crippen LogP contribution < -0.4 is 10.6 Å². The minimum absolute atomic E-state index is 0.180. The predicted octanol–water partition coefficient (Wildman–Crippen LogP) is -2.38. The Balaban J connectivity index is 3.20. The molecule has 1 aliphatic rings. The highest BCUT2D eigenvalue weighted by Crippen LogP contribution is 2.26. The van der Waals surface area contributed by atoms with E-state index < -0.39 is 58.5 Å². The molecule has 12 heteroatoms. The fourth-order valence-corrected chi connectivity index (χ4v) is 3.00. The fourth-order valence-electron chi connectivity index (χ4n) is 2.37. The Morgan fingerprint density at radius 3 is 2.16 bits per heavy atom. The van der Waals surface area contributed by atoms with Gasteiger partial charge in [-0.2, -0.15) is 8.42 Å². The number of hydrogen-bond acceptors (Lipinski definition) is 9. The zero-order valence-corrected chi connectivity index (χ0v) is 15.0. The first-order chi connectivity index (χ1) is 11.4. The second-order valence-corrected chi connectivity index (χ2v) is 7.17. The molecule has 1 heterocycles. The van der Waals surface area contributed by atoms with E-state index in [0.29, 0.717) is 0 Å². The third-order valence-electron chi connectivity index (χ3n) is 3.18. The second kappa shape index (κ2) is 8.56. The Morgan fingerprint density at radius 2 is 1.72 bits per heavy atom. The summed E-state index contributed by atoms with van der Waals surface area (Å²) in [5.41, 5.74) is 0. The maximum atomic E-state index is 11.6. The van der Waals surface area contributed by atoms with Crippen molar-refractivity contribution in [2.45, 2.75) is 51.4 Å². The number of rotatable bonds is 6. The van der Waals surface area contributed by atoms with E-state index in [9.17, 15) is 27.9 Å². The number of carbonyl (C=O) groups is 3. The first-order valence-corrected chi connectivity index (χ1v) is 9.13. The van der Waals surface area contributed by atoms with Crippen molar-refractivity contribution in [1.82, 2.24) is 10.6 Å². The Bertz CT molecular complexity index is 621. The highest BCUT2D eigenvalue weighted by molar-refractivity contribution is 7.86. The van der Waals surface area contributed by atoms with Crippen LogP contribution in [0.25, 0.3) is 0 Å². The summed E-state index contributed by atoms with van der Waals surface area (Å²) in [7, 11) is -4.04. The summed E-state index contributed by atoms with van der Waals surface area (Å²) in [5.74, 6) is -1.76. The van der Waals surface area contributed by atoms with E-state index in [-0.39, 0.29) is 6.54 Å². The van der Waals surface area contributed by atoms with Gasteiger partial charge in [-0.15, -0.1) is 0 Å². The summed E-state index contributed by atoms with van der Waals surface area (Å²) in [5, 5.41) is 14.8. The van der Waals surface area contributed by atoms with E-state index in [1.165, 1.54) is 6.92 Å². The van der Waals surface area contributed by atoms with Crippen molar-refractivity contribution in [3.8, 4) is 0 Å². The van der Waals surface area contributed by atoms with E-state index in [4.69, 9.17) is 13.7 Å². The summed E-state index contributed by atoms with van der Waals surface area (Å²) in [6.07, 6.45) is -4.74. The Kier molecular flexibility index (Phi) is 7.29.